The van der Waals surface area contributed by atoms with Crippen LogP contribution in [-0.2, 0) is 5.60 Å². The fourth-order valence-electron chi connectivity index (χ4n) is 2.06. The molecule has 20 heavy (non-hydrogen) atoms. The average Bonchev–Trinajstić information content (AvgIpc) is 2.37. The van der Waals surface area contributed by atoms with E-state index in [9.17, 15) is 5.11 Å². The Morgan fingerprint density at radius 3 is 2.45 bits per heavy atom. The van der Waals surface area contributed by atoms with Crippen LogP contribution in [0.5, 0.6) is 11.5 Å². The topological polar surface area (TPSA) is 50.7 Å². The first kappa shape index (κ1) is 17.3. The highest BCUT2D eigenvalue weighted by Crippen LogP contribution is 2.42. The predicted molar refractivity (Wildman–Crippen MR) is 84.6 cm³/mol. The molecule has 0 aromatic heterocycles. The molecule has 0 aliphatic rings. The molecule has 0 fully saturated rings. The minimum atomic E-state index is -0.970. The second-order valence-electron chi connectivity index (χ2n) is 5.30. The highest BCUT2D eigenvalue weighted by Gasteiger charge is 2.28. The maximum atomic E-state index is 10.7. The highest BCUT2D eigenvalue weighted by atomic mass is 79.9. The molecule has 2 N–H and O–H groups in total. The summed E-state index contributed by atoms with van der Waals surface area (Å²) in [6.07, 6.45) is 0.598. The predicted octanol–water partition coefficient (Wildman–Crippen LogP) is 3.06. The van der Waals surface area contributed by atoms with E-state index in [2.05, 4.69) is 35.1 Å². The number of hydrogen-bond donors (Lipinski definition) is 2. The first-order valence-corrected chi connectivity index (χ1v) is 7.49. The zero-order valence-electron chi connectivity index (χ0n) is 12.8. The second kappa shape index (κ2) is 7.29. The van der Waals surface area contributed by atoms with Crippen molar-refractivity contribution in [2.24, 2.45) is 0 Å². The molecular formula is C15H24BrNO3. The lowest BCUT2D eigenvalue weighted by atomic mass is 9.91. The maximum Gasteiger partial charge on any atom is 0.142 e. The molecule has 1 aromatic carbocycles. The molecule has 0 aliphatic heterocycles. The van der Waals surface area contributed by atoms with Gasteiger partial charge in [-0.2, -0.15) is 0 Å². The largest absolute Gasteiger partial charge is 0.495 e. The van der Waals surface area contributed by atoms with Gasteiger partial charge in [-0.15, -0.1) is 0 Å². The Labute approximate surface area is 129 Å². The van der Waals surface area contributed by atoms with Crippen molar-refractivity contribution in [3.63, 3.8) is 0 Å². The Hall–Kier alpha value is -0.780. The van der Waals surface area contributed by atoms with Crippen molar-refractivity contribution in [1.82, 2.24) is 5.32 Å². The average molecular weight is 346 g/mol. The van der Waals surface area contributed by atoms with Crippen molar-refractivity contribution >= 4 is 15.9 Å². The molecule has 1 aromatic rings. The van der Waals surface area contributed by atoms with Crippen LogP contribution in [0.15, 0.2) is 16.6 Å². The molecule has 4 nitrogen and oxygen atoms in total. The van der Waals surface area contributed by atoms with Crippen LogP contribution in [-0.4, -0.2) is 31.9 Å². The number of rotatable bonds is 7. The van der Waals surface area contributed by atoms with E-state index in [1.165, 1.54) is 0 Å². The number of nitrogens with one attached hydrogen (secondary N) is 1. The first-order valence-electron chi connectivity index (χ1n) is 6.70. The number of hydrogen-bond acceptors (Lipinski definition) is 4. The first-order chi connectivity index (χ1) is 9.33. The summed E-state index contributed by atoms with van der Waals surface area (Å²) in [5, 5.41) is 14.0. The van der Waals surface area contributed by atoms with Crippen LogP contribution in [0.2, 0.25) is 0 Å². The molecule has 0 heterocycles. The molecule has 0 saturated carbocycles. The van der Waals surface area contributed by atoms with E-state index in [1.807, 2.05) is 12.1 Å². The van der Waals surface area contributed by atoms with Crippen LogP contribution in [0, 0.1) is 0 Å². The number of aliphatic hydroxyl groups is 1. The summed E-state index contributed by atoms with van der Waals surface area (Å²) < 4.78 is 11.4. The summed E-state index contributed by atoms with van der Waals surface area (Å²) in [6.45, 7) is 6.70. The molecule has 114 valence electrons. The van der Waals surface area contributed by atoms with E-state index >= 15 is 0 Å². The minimum absolute atomic E-state index is 0.398. The fourth-order valence-corrected chi connectivity index (χ4v) is 2.73. The molecule has 1 atom stereocenters. The lowest BCUT2D eigenvalue weighted by molar-refractivity contribution is 0.0449. The zero-order valence-corrected chi connectivity index (χ0v) is 14.4. The van der Waals surface area contributed by atoms with E-state index in [0.717, 1.165) is 16.6 Å². The van der Waals surface area contributed by atoms with Crippen molar-refractivity contribution < 1.29 is 14.6 Å². The molecule has 5 heteroatoms. The summed E-state index contributed by atoms with van der Waals surface area (Å²) in [7, 11) is 3.19. The van der Waals surface area contributed by atoms with Crippen molar-refractivity contribution in [3.8, 4) is 11.5 Å². The molecule has 0 aliphatic carbocycles. The highest BCUT2D eigenvalue weighted by molar-refractivity contribution is 9.10. The number of methoxy groups -OCH3 is 2. The normalized spacial score (nSPS) is 14.2. The van der Waals surface area contributed by atoms with E-state index in [-0.39, 0.29) is 0 Å². The number of benzene rings is 1. The van der Waals surface area contributed by atoms with Crippen LogP contribution >= 0.6 is 15.9 Å². The molecule has 1 unspecified atom stereocenters. The number of ether oxygens (including phenoxy) is 2. The third-order valence-corrected chi connectivity index (χ3v) is 3.98. The maximum absolute atomic E-state index is 10.7. The summed E-state index contributed by atoms with van der Waals surface area (Å²) in [5.41, 5.74) is -0.222. The Morgan fingerprint density at radius 1 is 1.30 bits per heavy atom. The van der Waals surface area contributed by atoms with E-state index in [0.29, 0.717) is 24.0 Å². The van der Waals surface area contributed by atoms with Gasteiger partial charge in [-0.25, -0.2) is 0 Å². The lowest BCUT2D eigenvalue weighted by Gasteiger charge is -2.27. The quantitative estimate of drug-likeness (QED) is 0.797. The van der Waals surface area contributed by atoms with Gasteiger partial charge in [0.1, 0.15) is 16.0 Å². The third kappa shape index (κ3) is 4.11. The molecule has 0 saturated heterocycles. The van der Waals surface area contributed by atoms with Gasteiger partial charge in [-0.05, 0) is 48.0 Å². The van der Waals surface area contributed by atoms with Crippen LogP contribution in [0.1, 0.15) is 32.8 Å². The summed E-state index contributed by atoms with van der Waals surface area (Å²) in [4.78, 5) is 0. The molecule has 0 amide bonds. The molecule has 0 bridgehead atoms. The number of halogens is 1. The van der Waals surface area contributed by atoms with E-state index < -0.39 is 5.60 Å². The van der Waals surface area contributed by atoms with Gasteiger partial charge in [-0.3, -0.25) is 0 Å². The Morgan fingerprint density at radius 2 is 1.95 bits per heavy atom. The molecule has 0 radical (unpaired) electrons. The van der Waals surface area contributed by atoms with Crippen molar-refractivity contribution in [1.29, 1.82) is 0 Å². The monoisotopic (exact) mass is 345 g/mol. The summed E-state index contributed by atoms with van der Waals surface area (Å²) >= 11 is 3.46. The van der Waals surface area contributed by atoms with Crippen LogP contribution in [0.25, 0.3) is 0 Å². The van der Waals surface area contributed by atoms with Gasteiger partial charge in [0.05, 0.1) is 19.8 Å². The van der Waals surface area contributed by atoms with Crippen molar-refractivity contribution in [2.75, 3.05) is 20.8 Å². The summed E-state index contributed by atoms with van der Waals surface area (Å²) in [6, 6.07) is 4.07. The van der Waals surface area contributed by atoms with Crippen LogP contribution in [0.3, 0.4) is 0 Å². The Kier molecular flexibility index (Phi) is 6.30. The third-order valence-electron chi connectivity index (χ3n) is 3.23. The van der Waals surface area contributed by atoms with E-state index in [4.69, 9.17) is 9.47 Å². The van der Waals surface area contributed by atoms with Crippen LogP contribution in [0.4, 0.5) is 0 Å². The lowest BCUT2D eigenvalue weighted by Crippen LogP contribution is -2.31. The second-order valence-corrected chi connectivity index (χ2v) is 6.09. The van der Waals surface area contributed by atoms with Crippen molar-refractivity contribution in [2.45, 2.75) is 38.8 Å². The molecular weight excluding hydrogens is 322 g/mol. The standard InChI is InChI=1S/C15H24BrNO3/c1-10(2)17-9-8-15(3,18)11-6-7-12(19-4)13(16)14(11)20-5/h6-7,10,17-18H,8-9H2,1-5H3. The molecule has 1 rings (SSSR count). The van der Waals surface area contributed by atoms with Gasteiger partial charge >= 0.3 is 0 Å². The van der Waals surface area contributed by atoms with Gasteiger partial charge in [0, 0.05) is 11.6 Å². The van der Waals surface area contributed by atoms with Crippen LogP contribution < -0.4 is 14.8 Å². The summed E-state index contributed by atoms with van der Waals surface area (Å²) in [5.74, 6) is 1.29. The Balaban J connectivity index is 3.02. The minimum Gasteiger partial charge on any atom is -0.495 e. The fraction of sp³-hybridized carbons (Fsp3) is 0.600. The van der Waals surface area contributed by atoms with Gasteiger partial charge < -0.3 is 19.9 Å². The van der Waals surface area contributed by atoms with Gasteiger partial charge in [0.2, 0.25) is 0 Å². The zero-order chi connectivity index (χ0) is 15.3. The smallest absolute Gasteiger partial charge is 0.142 e. The van der Waals surface area contributed by atoms with Gasteiger partial charge in [0.15, 0.2) is 0 Å². The van der Waals surface area contributed by atoms with Gasteiger partial charge in [-0.1, -0.05) is 13.8 Å². The van der Waals surface area contributed by atoms with E-state index in [1.54, 1.807) is 21.1 Å². The van der Waals surface area contributed by atoms with Gasteiger partial charge in [0.25, 0.3) is 0 Å². The van der Waals surface area contributed by atoms with Crippen molar-refractivity contribution in [3.05, 3.63) is 22.2 Å². The SMILES string of the molecule is COc1ccc(C(C)(O)CCNC(C)C)c(OC)c1Br. The molecule has 0 spiro atoms. The Bertz CT molecular complexity index is 447.